The van der Waals surface area contributed by atoms with E-state index in [1.54, 1.807) is 0 Å². The predicted molar refractivity (Wildman–Crippen MR) is 78.2 cm³/mol. The van der Waals surface area contributed by atoms with E-state index in [1.165, 1.54) is 0 Å². The lowest BCUT2D eigenvalue weighted by molar-refractivity contribution is 0.0687. The van der Waals surface area contributed by atoms with Gasteiger partial charge in [0.25, 0.3) is 5.91 Å². The highest BCUT2D eigenvalue weighted by Gasteiger charge is 2.27. The van der Waals surface area contributed by atoms with Gasteiger partial charge in [-0.1, -0.05) is 22.9 Å². The van der Waals surface area contributed by atoms with Gasteiger partial charge in [-0.05, 0) is 43.0 Å². The molecule has 1 fully saturated rings. The number of carbonyl (C=O) groups is 1. The normalized spacial score (nSPS) is 24.1. The van der Waals surface area contributed by atoms with Crippen LogP contribution < -0.4 is 0 Å². The summed E-state index contributed by atoms with van der Waals surface area (Å²) < 4.78 is 1.03. The molecule has 1 saturated heterocycles. The molecular formula is C14H17BrClNO. The van der Waals surface area contributed by atoms with Gasteiger partial charge < -0.3 is 4.90 Å². The van der Waals surface area contributed by atoms with Crippen LogP contribution in [-0.4, -0.2) is 29.3 Å². The van der Waals surface area contributed by atoms with E-state index in [0.717, 1.165) is 35.1 Å². The Labute approximate surface area is 121 Å². The molecule has 0 aromatic heterocycles. The lowest BCUT2D eigenvalue weighted by atomic mass is 9.98. The summed E-state index contributed by atoms with van der Waals surface area (Å²) in [6.07, 6.45) is 0.879. The zero-order valence-corrected chi connectivity index (χ0v) is 13.0. The fraction of sp³-hybridized carbons (Fsp3) is 0.500. The van der Waals surface area contributed by atoms with E-state index in [9.17, 15) is 4.79 Å². The minimum absolute atomic E-state index is 0.112. The average Bonchev–Trinajstić information content (AvgIpc) is 2.35. The van der Waals surface area contributed by atoms with Crippen LogP contribution in [0.3, 0.4) is 0 Å². The van der Waals surface area contributed by atoms with Gasteiger partial charge in [0, 0.05) is 28.5 Å². The van der Waals surface area contributed by atoms with Crippen molar-refractivity contribution in [3.8, 4) is 0 Å². The molecule has 2 unspecified atom stereocenters. The summed E-state index contributed by atoms with van der Waals surface area (Å²) in [5, 5.41) is 0.195. The number of hydrogen-bond acceptors (Lipinski definition) is 1. The highest BCUT2D eigenvalue weighted by atomic mass is 79.9. The van der Waals surface area contributed by atoms with Crippen molar-refractivity contribution in [1.29, 1.82) is 0 Å². The number of piperidine rings is 1. The van der Waals surface area contributed by atoms with Gasteiger partial charge in [0.15, 0.2) is 0 Å². The maximum atomic E-state index is 12.4. The van der Waals surface area contributed by atoms with Crippen LogP contribution in [0.15, 0.2) is 22.7 Å². The van der Waals surface area contributed by atoms with Crippen LogP contribution in [0.25, 0.3) is 0 Å². The van der Waals surface area contributed by atoms with Gasteiger partial charge in [0.2, 0.25) is 0 Å². The first-order valence-electron chi connectivity index (χ1n) is 6.18. The van der Waals surface area contributed by atoms with E-state index in [4.69, 9.17) is 11.6 Å². The molecule has 0 spiro atoms. The molecule has 0 aliphatic carbocycles. The van der Waals surface area contributed by atoms with Crippen LogP contribution in [0.1, 0.15) is 29.3 Å². The van der Waals surface area contributed by atoms with E-state index >= 15 is 0 Å². The number of halogens is 2. The number of likely N-dealkylation sites (tertiary alicyclic amines) is 1. The lowest BCUT2D eigenvalue weighted by Gasteiger charge is -2.34. The van der Waals surface area contributed by atoms with Gasteiger partial charge in [-0.2, -0.15) is 0 Å². The average molecular weight is 331 g/mol. The molecule has 1 aliphatic heterocycles. The fourth-order valence-electron chi connectivity index (χ4n) is 2.26. The van der Waals surface area contributed by atoms with Crippen LogP contribution >= 0.6 is 27.5 Å². The Hall–Kier alpha value is -0.540. The molecule has 2 atom stereocenters. The molecule has 1 aromatic carbocycles. The third-order valence-electron chi connectivity index (χ3n) is 3.49. The zero-order chi connectivity index (χ0) is 13.3. The summed E-state index contributed by atoms with van der Waals surface area (Å²) in [6.45, 7) is 5.60. The topological polar surface area (TPSA) is 20.3 Å². The molecule has 0 bridgehead atoms. The number of amides is 1. The quantitative estimate of drug-likeness (QED) is 0.716. The van der Waals surface area contributed by atoms with Crippen molar-refractivity contribution >= 4 is 33.4 Å². The van der Waals surface area contributed by atoms with Crippen molar-refractivity contribution in [3.05, 3.63) is 33.8 Å². The van der Waals surface area contributed by atoms with Crippen LogP contribution in [0, 0.1) is 12.8 Å². The fourth-order valence-corrected chi connectivity index (χ4v) is 2.69. The molecular weight excluding hydrogens is 314 g/mol. The number of carbonyl (C=O) groups excluding carboxylic acids is 1. The Morgan fingerprint density at radius 3 is 2.83 bits per heavy atom. The molecule has 4 heteroatoms. The second kappa shape index (κ2) is 5.62. The summed E-state index contributed by atoms with van der Waals surface area (Å²) in [5.74, 6) is 0.474. The molecule has 0 N–H and O–H groups in total. The largest absolute Gasteiger partial charge is 0.338 e. The number of rotatable bonds is 1. The minimum Gasteiger partial charge on any atom is -0.338 e. The van der Waals surface area contributed by atoms with E-state index in [1.807, 2.05) is 30.0 Å². The number of hydrogen-bond donors (Lipinski definition) is 0. The Morgan fingerprint density at radius 2 is 2.22 bits per heavy atom. The van der Waals surface area contributed by atoms with Crippen molar-refractivity contribution in [1.82, 2.24) is 4.90 Å². The molecule has 0 radical (unpaired) electrons. The highest BCUT2D eigenvalue weighted by molar-refractivity contribution is 9.10. The standard InChI is InChI=1S/C14H17BrClNO/c1-9-7-11(3-4-12(9)15)14(18)17-6-5-13(16)10(2)8-17/h3-4,7,10,13H,5-6,8H2,1-2H3. The van der Waals surface area contributed by atoms with Crippen LogP contribution in [-0.2, 0) is 0 Å². The van der Waals surface area contributed by atoms with Gasteiger partial charge in [0.1, 0.15) is 0 Å². The maximum Gasteiger partial charge on any atom is 0.253 e. The van der Waals surface area contributed by atoms with Crippen molar-refractivity contribution in [2.45, 2.75) is 25.6 Å². The molecule has 98 valence electrons. The number of alkyl halides is 1. The first-order chi connectivity index (χ1) is 8.49. The maximum absolute atomic E-state index is 12.4. The molecule has 0 saturated carbocycles. The van der Waals surface area contributed by atoms with Crippen molar-refractivity contribution in [2.75, 3.05) is 13.1 Å². The number of aryl methyl sites for hydroxylation is 1. The molecule has 1 heterocycles. The first-order valence-corrected chi connectivity index (χ1v) is 7.41. The second-order valence-electron chi connectivity index (χ2n) is 5.00. The summed E-state index contributed by atoms with van der Waals surface area (Å²) in [4.78, 5) is 14.3. The Balaban J connectivity index is 2.14. The molecule has 18 heavy (non-hydrogen) atoms. The minimum atomic E-state index is 0.112. The van der Waals surface area contributed by atoms with Crippen LogP contribution in [0.2, 0.25) is 0 Å². The van der Waals surface area contributed by atoms with E-state index in [0.29, 0.717) is 5.92 Å². The summed E-state index contributed by atoms with van der Waals surface area (Å²) in [7, 11) is 0. The SMILES string of the molecule is Cc1cc(C(=O)N2CCC(Cl)C(C)C2)ccc1Br. The van der Waals surface area contributed by atoms with Crippen molar-refractivity contribution < 1.29 is 4.79 Å². The zero-order valence-electron chi connectivity index (χ0n) is 10.6. The highest BCUT2D eigenvalue weighted by Crippen LogP contribution is 2.24. The van der Waals surface area contributed by atoms with Crippen LogP contribution in [0.5, 0.6) is 0 Å². The summed E-state index contributed by atoms with van der Waals surface area (Å²) in [6, 6.07) is 5.74. The third-order valence-corrected chi connectivity index (χ3v) is 5.03. The second-order valence-corrected chi connectivity index (χ2v) is 6.41. The summed E-state index contributed by atoms with van der Waals surface area (Å²) in [5.41, 5.74) is 1.84. The molecule has 2 rings (SSSR count). The first kappa shape index (κ1) is 13.9. The molecule has 2 nitrogen and oxygen atoms in total. The summed E-state index contributed by atoms with van der Waals surface area (Å²) >= 11 is 9.63. The monoisotopic (exact) mass is 329 g/mol. The van der Waals surface area contributed by atoms with E-state index in [2.05, 4.69) is 22.9 Å². The van der Waals surface area contributed by atoms with Crippen molar-refractivity contribution in [2.24, 2.45) is 5.92 Å². The molecule has 1 aromatic rings. The smallest absolute Gasteiger partial charge is 0.253 e. The Kier molecular flexibility index (Phi) is 4.33. The lowest BCUT2D eigenvalue weighted by Crippen LogP contribution is -2.43. The molecule has 1 amide bonds. The number of benzene rings is 1. The van der Waals surface area contributed by atoms with Gasteiger partial charge in [-0.3, -0.25) is 4.79 Å². The van der Waals surface area contributed by atoms with Gasteiger partial charge in [-0.15, -0.1) is 11.6 Å². The van der Waals surface area contributed by atoms with E-state index in [-0.39, 0.29) is 11.3 Å². The van der Waals surface area contributed by atoms with Gasteiger partial charge in [0.05, 0.1) is 0 Å². The predicted octanol–water partition coefficient (Wildman–Crippen LogP) is 3.85. The van der Waals surface area contributed by atoms with Gasteiger partial charge in [-0.25, -0.2) is 0 Å². The van der Waals surface area contributed by atoms with E-state index < -0.39 is 0 Å². The van der Waals surface area contributed by atoms with Crippen LogP contribution in [0.4, 0.5) is 0 Å². The van der Waals surface area contributed by atoms with Gasteiger partial charge >= 0.3 is 0 Å². The third kappa shape index (κ3) is 2.89. The Bertz CT molecular complexity index is 463. The number of nitrogens with zero attached hydrogens (tertiary/aromatic N) is 1. The van der Waals surface area contributed by atoms with Crippen molar-refractivity contribution in [3.63, 3.8) is 0 Å². The molecule has 1 aliphatic rings. The Morgan fingerprint density at radius 1 is 1.50 bits per heavy atom.